The summed E-state index contributed by atoms with van der Waals surface area (Å²) in [6.07, 6.45) is 7.30. The van der Waals surface area contributed by atoms with Crippen molar-refractivity contribution in [3.8, 4) is 12.3 Å². The minimum absolute atomic E-state index is 0.0565. The number of hydrogen-bond acceptors (Lipinski definition) is 3. The number of terminal acetylenes is 1. The Kier molecular flexibility index (Phi) is 5.30. The summed E-state index contributed by atoms with van der Waals surface area (Å²) in [6, 6.07) is 0.329. The highest BCUT2D eigenvalue weighted by atomic mass is 16.4. The summed E-state index contributed by atoms with van der Waals surface area (Å²) in [5.74, 6) is 1.75. The van der Waals surface area contributed by atoms with Crippen LogP contribution >= 0.6 is 0 Å². The number of likely N-dealkylation sites (tertiary alicyclic amines) is 1. The highest BCUT2D eigenvalue weighted by Gasteiger charge is 2.24. The molecule has 0 aromatic rings. The number of hydrogen-bond donors (Lipinski definition) is 1. The Morgan fingerprint density at radius 2 is 2.19 bits per heavy atom. The van der Waals surface area contributed by atoms with E-state index in [-0.39, 0.29) is 6.54 Å². The monoisotopic (exact) mass is 224 g/mol. The zero-order chi connectivity index (χ0) is 12.0. The van der Waals surface area contributed by atoms with Gasteiger partial charge in [-0.15, -0.1) is 6.42 Å². The highest BCUT2D eigenvalue weighted by molar-refractivity contribution is 5.69. The second-order valence-corrected chi connectivity index (χ2v) is 4.17. The van der Waals surface area contributed by atoms with Crippen LogP contribution in [0.4, 0.5) is 0 Å². The molecule has 1 heterocycles. The Labute approximate surface area is 97.2 Å². The largest absolute Gasteiger partial charge is 0.480 e. The fourth-order valence-electron chi connectivity index (χ4n) is 2.21. The summed E-state index contributed by atoms with van der Waals surface area (Å²) in [6.45, 7) is 5.80. The van der Waals surface area contributed by atoms with Crippen LogP contribution in [-0.2, 0) is 4.79 Å². The number of carboxylic acid groups (broad SMARTS) is 1. The Morgan fingerprint density at radius 1 is 1.56 bits per heavy atom. The van der Waals surface area contributed by atoms with Crippen LogP contribution in [-0.4, -0.2) is 59.6 Å². The lowest BCUT2D eigenvalue weighted by Gasteiger charge is -2.36. The second kappa shape index (κ2) is 6.51. The van der Waals surface area contributed by atoms with Gasteiger partial charge in [0.1, 0.15) is 0 Å². The van der Waals surface area contributed by atoms with E-state index in [1.54, 1.807) is 0 Å². The van der Waals surface area contributed by atoms with E-state index in [0.717, 1.165) is 32.5 Å². The van der Waals surface area contributed by atoms with Crippen LogP contribution in [0.25, 0.3) is 0 Å². The standard InChI is InChI=1S/C12H20N2O2/c1-3-7-14(10-12(15)16)11-5-8-13(4-2)9-6-11/h1,11H,4-10H2,2H3,(H,15,16). The summed E-state index contributed by atoms with van der Waals surface area (Å²) in [5, 5.41) is 8.82. The summed E-state index contributed by atoms with van der Waals surface area (Å²) in [5.41, 5.74) is 0. The number of carbonyl (C=O) groups is 1. The average Bonchev–Trinajstić information content (AvgIpc) is 2.28. The lowest BCUT2D eigenvalue weighted by atomic mass is 10.0. The quantitative estimate of drug-likeness (QED) is 0.690. The smallest absolute Gasteiger partial charge is 0.317 e. The van der Waals surface area contributed by atoms with Crippen LogP contribution in [0.1, 0.15) is 19.8 Å². The lowest BCUT2D eigenvalue weighted by Crippen LogP contribution is -2.46. The Morgan fingerprint density at radius 3 is 2.62 bits per heavy atom. The van der Waals surface area contributed by atoms with Crippen molar-refractivity contribution >= 4 is 5.97 Å². The van der Waals surface area contributed by atoms with E-state index in [4.69, 9.17) is 11.5 Å². The van der Waals surface area contributed by atoms with Gasteiger partial charge in [0.25, 0.3) is 0 Å². The van der Waals surface area contributed by atoms with Gasteiger partial charge >= 0.3 is 5.97 Å². The molecule has 1 saturated heterocycles. The van der Waals surface area contributed by atoms with E-state index in [1.807, 2.05) is 4.90 Å². The maximum atomic E-state index is 10.7. The van der Waals surface area contributed by atoms with Crippen molar-refractivity contribution in [3.05, 3.63) is 0 Å². The maximum Gasteiger partial charge on any atom is 0.317 e. The predicted octanol–water partition coefficient (Wildman–Crippen LogP) is 0.491. The summed E-state index contributed by atoms with van der Waals surface area (Å²) in [7, 11) is 0. The molecule has 1 rings (SSSR count). The molecular formula is C12H20N2O2. The van der Waals surface area contributed by atoms with Gasteiger partial charge in [-0.1, -0.05) is 12.8 Å². The third kappa shape index (κ3) is 3.84. The van der Waals surface area contributed by atoms with Gasteiger partial charge in [-0.25, -0.2) is 0 Å². The topological polar surface area (TPSA) is 43.8 Å². The molecule has 1 aliphatic heterocycles. The van der Waals surface area contributed by atoms with Gasteiger partial charge in [0, 0.05) is 6.04 Å². The first kappa shape index (κ1) is 13.0. The van der Waals surface area contributed by atoms with Crippen molar-refractivity contribution in [1.29, 1.82) is 0 Å². The normalized spacial score (nSPS) is 18.6. The second-order valence-electron chi connectivity index (χ2n) is 4.17. The first-order chi connectivity index (χ1) is 7.67. The Bertz CT molecular complexity index is 265. The van der Waals surface area contributed by atoms with Crippen molar-refractivity contribution in [2.75, 3.05) is 32.7 Å². The molecule has 0 atom stereocenters. The van der Waals surface area contributed by atoms with E-state index >= 15 is 0 Å². The van der Waals surface area contributed by atoms with Crippen LogP contribution < -0.4 is 0 Å². The zero-order valence-electron chi connectivity index (χ0n) is 9.85. The zero-order valence-corrected chi connectivity index (χ0v) is 9.85. The number of nitrogens with zero attached hydrogens (tertiary/aromatic N) is 2. The molecule has 0 saturated carbocycles. The van der Waals surface area contributed by atoms with Crippen LogP contribution in [0.5, 0.6) is 0 Å². The van der Waals surface area contributed by atoms with Crippen molar-refractivity contribution in [2.24, 2.45) is 0 Å². The van der Waals surface area contributed by atoms with E-state index in [0.29, 0.717) is 12.6 Å². The van der Waals surface area contributed by atoms with Crippen LogP contribution in [0.15, 0.2) is 0 Å². The fourth-order valence-corrected chi connectivity index (χ4v) is 2.21. The van der Waals surface area contributed by atoms with Crippen LogP contribution in [0.2, 0.25) is 0 Å². The molecule has 1 aliphatic rings. The molecule has 4 heteroatoms. The van der Waals surface area contributed by atoms with Gasteiger partial charge in [0.15, 0.2) is 0 Å². The van der Waals surface area contributed by atoms with Crippen molar-refractivity contribution < 1.29 is 9.90 Å². The van der Waals surface area contributed by atoms with Crippen molar-refractivity contribution in [1.82, 2.24) is 9.80 Å². The molecule has 4 nitrogen and oxygen atoms in total. The van der Waals surface area contributed by atoms with Gasteiger partial charge in [0.05, 0.1) is 13.1 Å². The number of piperidine rings is 1. The van der Waals surface area contributed by atoms with E-state index < -0.39 is 5.97 Å². The minimum Gasteiger partial charge on any atom is -0.480 e. The third-order valence-electron chi connectivity index (χ3n) is 3.15. The molecule has 0 aromatic carbocycles. The Hall–Kier alpha value is -1.05. The third-order valence-corrected chi connectivity index (χ3v) is 3.15. The summed E-state index contributed by atoms with van der Waals surface area (Å²) < 4.78 is 0. The van der Waals surface area contributed by atoms with E-state index in [2.05, 4.69) is 17.7 Å². The van der Waals surface area contributed by atoms with Crippen LogP contribution in [0.3, 0.4) is 0 Å². The molecular weight excluding hydrogens is 204 g/mol. The molecule has 16 heavy (non-hydrogen) atoms. The maximum absolute atomic E-state index is 10.7. The van der Waals surface area contributed by atoms with E-state index in [9.17, 15) is 4.79 Å². The molecule has 0 bridgehead atoms. The molecule has 90 valence electrons. The summed E-state index contributed by atoms with van der Waals surface area (Å²) in [4.78, 5) is 15.0. The highest BCUT2D eigenvalue weighted by Crippen LogP contribution is 2.15. The van der Waals surface area contributed by atoms with Crippen LogP contribution in [0, 0.1) is 12.3 Å². The molecule has 0 aliphatic carbocycles. The first-order valence-corrected chi connectivity index (χ1v) is 5.79. The molecule has 0 radical (unpaired) electrons. The number of rotatable bonds is 5. The lowest BCUT2D eigenvalue weighted by molar-refractivity contribution is -0.139. The first-order valence-electron chi connectivity index (χ1n) is 5.79. The number of carboxylic acids is 1. The molecule has 0 amide bonds. The molecule has 1 N–H and O–H groups in total. The average molecular weight is 224 g/mol. The van der Waals surface area contributed by atoms with Crippen molar-refractivity contribution in [3.63, 3.8) is 0 Å². The number of aliphatic carboxylic acids is 1. The molecule has 0 spiro atoms. The Balaban J connectivity index is 2.46. The van der Waals surface area contributed by atoms with E-state index in [1.165, 1.54) is 0 Å². The van der Waals surface area contributed by atoms with Crippen molar-refractivity contribution in [2.45, 2.75) is 25.8 Å². The molecule has 0 unspecified atom stereocenters. The predicted molar refractivity (Wildman–Crippen MR) is 63.2 cm³/mol. The molecule has 0 aromatic heterocycles. The van der Waals surface area contributed by atoms with Gasteiger partial charge < -0.3 is 10.0 Å². The minimum atomic E-state index is -0.798. The summed E-state index contributed by atoms with van der Waals surface area (Å²) >= 11 is 0. The van der Waals surface area contributed by atoms with Gasteiger partial charge in [-0.3, -0.25) is 9.69 Å². The van der Waals surface area contributed by atoms with Gasteiger partial charge in [-0.05, 0) is 32.5 Å². The molecule has 1 fully saturated rings. The SMILES string of the molecule is C#CCN(CC(=O)O)C1CCN(CC)CC1. The van der Waals surface area contributed by atoms with Gasteiger partial charge in [0.2, 0.25) is 0 Å². The fraction of sp³-hybridized carbons (Fsp3) is 0.750. The van der Waals surface area contributed by atoms with Gasteiger partial charge in [-0.2, -0.15) is 0 Å².